The molecule has 3 N–H and O–H groups in total. The number of ether oxygens (including phenoxy) is 4. The third kappa shape index (κ3) is 67.9. The summed E-state index contributed by atoms with van der Waals surface area (Å²) in [5, 5.41) is 10.6. The number of phosphoric ester groups is 2. The molecular formula is C77H150O17P2. The van der Waals surface area contributed by atoms with Crippen LogP contribution in [0.5, 0.6) is 0 Å². The molecule has 4 unspecified atom stereocenters. The van der Waals surface area contributed by atoms with Crippen molar-refractivity contribution in [3.8, 4) is 0 Å². The summed E-state index contributed by atoms with van der Waals surface area (Å²) in [6, 6.07) is 0. The Kier molecular flexibility index (Phi) is 66.2. The first-order valence-corrected chi connectivity index (χ1v) is 42.9. The summed E-state index contributed by atoms with van der Waals surface area (Å²) >= 11 is 0. The van der Waals surface area contributed by atoms with E-state index in [2.05, 4.69) is 48.5 Å². The van der Waals surface area contributed by atoms with Crippen molar-refractivity contribution in [3.63, 3.8) is 0 Å². The summed E-state index contributed by atoms with van der Waals surface area (Å²) in [4.78, 5) is 72.9. The molecule has 0 aliphatic carbocycles. The second-order valence-corrected chi connectivity index (χ2v) is 31.6. The Morgan fingerprint density at radius 3 is 0.792 bits per heavy atom. The van der Waals surface area contributed by atoms with Gasteiger partial charge in [0.2, 0.25) is 0 Å². The van der Waals surface area contributed by atoms with E-state index in [0.717, 1.165) is 108 Å². The Labute approximate surface area is 588 Å². The largest absolute Gasteiger partial charge is 0.472 e. The summed E-state index contributed by atoms with van der Waals surface area (Å²) in [6.45, 7) is 12.0. The molecule has 0 radical (unpaired) electrons. The Hall–Kier alpha value is -1.94. The Morgan fingerprint density at radius 1 is 0.302 bits per heavy atom. The normalized spacial score (nSPS) is 14.6. The lowest BCUT2D eigenvalue weighted by Gasteiger charge is -2.21. The van der Waals surface area contributed by atoms with E-state index in [4.69, 9.17) is 37.0 Å². The zero-order valence-electron chi connectivity index (χ0n) is 62.8. The molecule has 96 heavy (non-hydrogen) atoms. The Bertz CT molecular complexity index is 1870. The lowest BCUT2D eigenvalue weighted by molar-refractivity contribution is -0.161. The molecule has 0 fully saturated rings. The number of hydrogen-bond donors (Lipinski definition) is 3. The zero-order valence-corrected chi connectivity index (χ0v) is 64.6. The van der Waals surface area contributed by atoms with Crippen LogP contribution in [-0.2, 0) is 65.4 Å². The highest BCUT2D eigenvalue weighted by Gasteiger charge is 2.30. The topological polar surface area (TPSA) is 237 Å². The third-order valence-electron chi connectivity index (χ3n) is 18.6. The summed E-state index contributed by atoms with van der Waals surface area (Å²) < 4.78 is 68.6. The molecule has 0 aromatic carbocycles. The van der Waals surface area contributed by atoms with Gasteiger partial charge in [-0.2, -0.15) is 0 Å². The fraction of sp³-hybridized carbons (Fsp3) is 0.948. The molecule has 0 aliphatic rings. The first-order valence-electron chi connectivity index (χ1n) is 39.9. The fourth-order valence-electron chi connectivity index (χ4n) is 11.7. The Balaban J connectivity index is 5.28. The van der Waals surface area contributed by atoms with Crippen molar-refractivity contribution in [3.05, 3.63) is 0 Å². The van der Waals surface area contributed by atoms with Crippen LogP contribution in [0.3, 0.4) is 0 Å². The number of carbonyl (C=O) groups is 4. The second-order valence-electron chi connectivity index (χ2n) is 28.7. The standard InChI is InChI=1S/C77H150O17P2/c1-8-11-12-13-14-15-16-17-20-23-30-39-46-53-60-76(81)94-73(65-88-75(80)59-52-45-38-33-32-36-43-50-57-70(7)10-3)67-92-96(85,86)90-63-71(78)62-89-95(83,84)91-66-72(64-87-74(79)58-51-44-37-29-26-25-28-35-42-49-56-69(6)9-2)93-77(82)61-54-47-40-31-24-21-18-19-22-27-34-41-48-55-68(4)5/h68-73,78H,8-67H2,1-7H3,(H,83,84)(H,85,86)/t69?,70?,71-,72-,73-/m1/s1. The van der Waals surface area contributed by atoms with E-state index in [1.807, 2.05) is 0 Å². The maximum atomic E-state index is 13.1. The van der Waals surface area contributed by atoms with Crippen LogP contribution in [0.1, 0.15) is 395 Å². The van der Waals surface area contributed by atoms with Crippen LogP contribution in [0, 0.1) is 17.8 Å². The average molecular weight is 1410 g/mol. The maximum Gasteiger partial charge on any atom is 0.472 e. The van der Waals surface area contributed by atoms with Gasteiger partial charge >= 0.3 is 39.5 Å². The number of phosphoric acid groups is 2. The van der Waals surface area contributed by atoms with Crippen molar-refractivity contribution in [2.45, 2.75) is 414 Å². The minimum absolute atomic E-state index is 0.107. The molecule has 0 amide bonds. The Morgan fingerprint density at radius 2 is 0.531 bits per heavy atom. The molecule has 0 aromatic rings. The van der Waals surface area contributed by atoms with Crippen molar-refractivity contribution in [1.29, 1.82) is 0 Å². The van der Waals surface area contributed by atoms with Gasteiger partial charge in [-0.15, -0.1) is 0 Å². The number of carbonyl (C=O) groups excluding carboxylic acids is 4. The van der Waals surface area contributed by atoms with Gasteiger partial charge < -0.3 is 33.8 Å². The predicted octanol–water partition coefficient (Wildman–Crippen LogP) is 22.6. The number of aliphatic hydroxyl groups excluding tert-OH is 1. The van der Waals surface area contributed by atoms with Gasteiger partial charge in [-0.05, 0) is 43.4 Å². The molecule has 17 nitrogen and oxygen atoms in total. The lowest BCUT2D eigenvalue weighted by Crippen LogP contribution is -2.30. The van der Waals surface area contributed by atoms with Crippen LogP contribution < -0.4 is 0 Å². The van der Waals surface area contributed by atoms with Gasteiger partial charge in [0, 0.05) is 25.7 Å². The van der Waals surface area contributed by atoms with E-state index in [0.29, 0.717) is 25.7 Å². The van der Waals surface area contributed by atoms with Gasteiger partial charge in [0.25, 0.3) is 0 Å². The van der Waals surface area contributed by atoms with Crippen molar-refractivity contribution < 1.29 is 80.2 Å². The maximum absolute atomic E-state index is 13.1. The highest BCUT2D eigenvalue weighted by Crippen LogP contribution is 2.45. The molecule has 0 spiro atoms. The van der Waals surface area contributed by atoms with E-state index in [-0.39, 0.29) is 25.7 Å². The molecular weight excluding hydrogens is 1260 g/mol. The number of esters is 4. The number of rotatable bonds is 75. The van der Waals surface area contributed by atoms with Crippen molar-refractivity contribution in [2.24, 2.45) is 17.8 Å². The monoisotopic (exact) mass is 1410 g/mol. The van der Waals surface area contributed by atoms with Gasteiger partial charge in [-0.25, -0.2) is 9.13 Å². The molecule has 19 heteroatoms. The molecule has 0 saturated carbocycles. The van der Waals surface area contributed by atoms with Gasteiger partial charge in [0.1, 0.15) is 19.3 Å². The molecule has 0 rings (SSSR count). The SMILES string of the molecule is CCCCCCCCCCCCCCCCC(=O)O[C@H](COC(=O)CCCCCCCCCCC(C)CC)COP(=O)(O)OC[C@H](O)COP(=O)(O)OC[C@@H](COC(=O)CCCCCCCCCCCCC(C)CC)OC(=O)CCCCCCCCCCCCCCCC(C)C. The number of hydrogen-bond acceptors (Lipinski definition) is 15. The quantitative estimate of drug-likeness (QED) is 0.0222. The summed E-state index contributed by atoms with van der Waals surface area (Å²) in [5.41, 5.74) is 0. The highest BCUT2D eigenvalue weighted by molar-refractivity contribution is 7.47. The van der Waals surface area contributed by atoms with Crippen LogP contribution in [-0.4, -0.2) is 96.7 Å². The van der Waals surface area contributed by atoms with E-state index in [1.54, 1.807) is 0 Å². The lowest BCUT2D eigenvalue weighted by atomic mass is 9.99. The van der Waals surface area contributed by atoms with Gasteiger partial charge in [-0.1, -0.05) is 344 Å². The average Bonchev–Trinajstić information content (AvgIpc) is 1.19. The fourth-order valence-corrected chi connectivity index (χ4v) is 13.3. The molecule has 0 aromatic heterocycles. The second kappa shape index (κ2) is 67.5. The molecule has 0 aliphatic heterocycles. The molecule has 0 saturated heterocycles. The van der Waals surface area contributed by atoms with Crippen LogP contribution in [0.2, 0.25) is 0 Å². The van der Waals surface area contributed by atoms with Gasteiger partial charge in [-0.3, -0.25) is 37.3 Å². The van der Waals surface area contributed by atoms with Crippen molar-refractivity contribution >= 4 is 39.5 Å². The summed E-state index contributed by atoms with van der Waals surface area (Å²) in [6.07, 6.45) is 53.8. The first kappa shape index (κ1) is 94.1. The minimum atomic E-state index is -4.96. The van der Waals surface area contributed by atoms with Gasteiger partial charge in [0.15, 0.2) is 12.2 Å². The third-order valence-corrected chi connectivity index (χ3v) is 20.5. The van der Waals surface area contributed by atoms with Crippen molar-refractivity contribution in [1.82, 2.24) is 0 Å². The number of unbranched alkanes of at least 4 members (excludes halogenated alkanes) is 41. The molecule has 7 atom stereocenters. The van der Waals surface area contributed by atoms with E-state index >= 15 is 0 Å². The zero-order chi connectivity index (χ0) is 70.9. The van der Waals surface area contributed by atoms with Crippen LogP contribution >= 0.6 is 15.6 Å². The molecule has 0 heterocycles. The molecule has 570 valence electrons. The minimum Gasteiger partial charge on any atom is -0.462 e. The van der Waals surface area contributed by atoms with Crippen LogP contribution in [0.25, 0.3) is 0 Å². The molecule has 0 bridgehead atoms. The predicted molar refractivity (Wildman–Crippen MR) is 391 cm³/mol. The first-order chi connectivity index (χ1) is 46.3. The number of aliphatic hydroxyl groups is 1. The van der Waals surface area contributed by atoms with E-state index < -0.39 is 97.5 Å². The highest BCUT2D eigenvalue weighted by atomic mass is 31.2. The van der Waals surface area contributed by atoms with E-state index in [1.165, 1.54) is 205 Å². The summed E-state index contributed by atoms with van der Waals surface area (Å²) in [7, 11) is -9.92. The van der Waals surface area contributed by atoms with E-state index in [9.17, 15) is 43.2 Å². The van der Waals surface area contributed by atoms with Gasteiger partial charge in [0.05, 0.1) is 26.4 Å². The van der Waals surface area contributed by atoms with Crippen LogP contribution in [0.15, 0.2) is 0 Å². The van der Waals surface area contributed by atoms with Crippen molar-refractivity contribution in [2.75, 3.05) is 39.6 Å². The summed E-state index contributed by atoms with van der Waals surface area (Å²) in [5.74, 6) is 0.259. The smallest absolute Gasteiger partial charge is 0.462 e. The van der Waals surface area contributed by atoms with Crippen LogP contribution in [0.4, 0.5) is 0 Å².